The lowest BCUT2D eigenvalue weighted by Gasteiger charge is -2.22. The average Bonchev–Trinajstić information content (AvgIpc) is 2.04. The van der Waals surface area contributed by atoms with Gasteiger partial charge in [-0.2, -0.15) is 0 Å². The van der Waals surface area contributed by atoms with E-state index in [-0.39, 0.29) is 24.2 Å². The van der Waals surface area contributed by atoms with Crippen molar-refractivity contribution in [3.8, 4) is 0 Å². The van der Waals surface area contributed by atoms with E-state index in [2.05, 4.69) is 19.2 Å². The van der Waals surface area contributed by atoms with Crippen molar-refractivity contribution < 1.29 is 9.59 Å². The molecule has 0 radical (unpaired) electrons. The van der Waals surface area contributed by atoms with Gasteiger partial charge in [-0.1, -0.05) is 26.7 Å². The van der Waals surface area contributed by atoms with Gasteiger partial charge in [-0.25, -0.2) is 0 Å². The highest BCUT2D eigenvalue weighted by Gasteiger charge is 2.16. The van der Waals surface area contributed by atoms with Crippen LogP contribution in [0.5, 0.6) is 0 Å². The topological polar surface area (TPSA) is 46.2 Å². The SMILES string of the molecule is CCC(CC)C(C)NC(=O)CC(C)=O. The number of carbonyl (C=O) groups excluding carboxylic acids is 2. The molecule has 0 aliphatic carbocycles. The minimum absolute atomic E-state index is 0.00445. The summed E-state index contributed by atoms with van der Waals surface area (Å²) in [6.07, 6.45) is 2.11. The first-order chi connectivity index (χ1) is 6.51. The van der Waals surface area contributed by atoms with Gasteiger partial charge in [0.15, 0.2) is 0 Å². The van der Waals surface area contributed by atoms with Crippen molar-refractivity contribution in [3.63, 3.8) is 0 Å². The Morgan fingerprint density at radius 2 is 1.71 bits per heavy atom. The van der Waals surface area contributed by atoms with Crippen LogP contribution in [0.15, 0.2) is 0 Å². The van der Waals surface area contributed by atoms with Crippen LogP contribution in [0.2, 0.25) is 0 Å². The highest BCUT2D eigenvalue weighted by molar-refractivity contribution is 5.96. The van der Waals surface area contributed by atoms with Crippen LogP contribution >= 0.6 is 0 Å². The smallest absolute Gasteiger partial charge is 0.227 e. The summed E-state index contributed by atoms with van der Waals surface area (Å²) in [6, 6.07) is 0.164. The molecule has 0 rings (SSSR count). The van der Waals surface area contributed by atoms with Crippen molar-refractivity contribution in [1.29, 1.82) is 0 Å². The highest BCUT2D eigenvalue weighted by atomic mass is 16.2. The molecule has 0 saturated heterocycles. The van der Waals surface area contributed by atoms with E-state index in [1.807, 2.05) is 6.92 Å². The minimum atomic E-state index is -0.156. The van der Waals surface area contributed by atoms with Gasteiger partial charge >= 0.3 is 0 Å². The number of amides is 1. The van der Waals surface area contributed by atoms with Crippen molar-refractivity contribution in [1.82, 2.24) is 5.32 Å². The Kier molecular flexibility index (Phi) is 6.17. The molecular formula is C11H21NO2. The Morgan fingerprint density at radius 3 is 2.07 bits per heavy atom. The molecule has 82 valence electrons. The van der Waals surface area contributed by atoms with Gasteiger partial charge in [-0.05, 0) is 19.8 Å². The Bertz CT molecular complexity index is 197. The van der Waals surface area contributed by atoms with Crippen molar-refractivity contribution >= 4 is 11.7 Å². The van der Waals surface area contributed by atoms with Crippen LogP contribution in [0.25, 0.3) is 0 Å². The fourth-order valence-electron chi connectivity index (χ4n) is 1.64. The van der Waals surface area contributed by atoms with Gasteiger partial charge in [0, 0.05) is 6.04 Å². The molecule has 3 heteroatoms. The van der Waals surface area contributed by atoms with E-state index in [0.717, 1.165) is 12.8 Å². The Balaban J connectivity index is 3.97. The maximum Gasteiger partial charge on any atom is 0.227 e. The lowest BCUT2D eigenvalue weighted by molar-refractivity contribution is -0.127. The molecule has 0 aromatic heterocycles. The molecule has 1 amide bonds. The van der Waals surface area contributed by atoms with Gasteiger partial charge in [0.2, 0.25) is 5.91 Å². The first-order valence-electron chi connectivity index (χ1n) is 5.30. The fraction of sp³-hybridized carbons (Fsp3) is 0.818. The Labute approximate surface area is 86.3 Å². The van der Waals surface area contributed by atoms with Crippen molar-refractivity contribution in [3.05, 3.63) is 0 Å². The third-order valence-corrected chi connectivity index (χ3v) is 2.55. The van der Waals surface area contributed by atoms with Crippen LogP contribution in [0, 0.1) is 5.92 Å². The maximum atomic E-state index is 11.3. The van der Waals surface area contributed by atoms with E-state index >= 15 is 0 Å². The lowest BCUT2D eigenvalue weighted by atomic mass is 9.95. The number of Topliss-reactive ketones (excluding diaryl/α,β-unsaturated/α-hetero) is 1. The third kappa shape index (κ3) is 5.00. The summed E-state index contributed by atoms with van der Waals surface area (Å²) in [5.41, 5.74) is 0. The summed E-state index contributed by atoms with van der Waals surface area (Å²) in [7, 11) is 0. The summed E-state index contributed by atoms with van der Waals surface area (Å²) in [5.74, 6) is 0.266. The lowest BCUT2D eigenvalue weighted by Crippen LogP contribution is -2.38. The van der Waals surface area contributed by atoms with E-state index < -0.39 is 0 Å². The van der Waals surface area contributed by atoms with Gasteiger partial charge in [-0.15, -0.1) is 0 Å². The van der Waals surface area contributed by atoms with Crippen LogP contribution in [0.3, 0.4) is 0 Å². The molecule has 0 spiro atoms. The van der Waals surface area contributed by atoms with E-state index in [4.69, 9.17) is 0 Å². The van der Waals surface area contributed by atoms with Crippen LogP contribution in [0.4, 0.5) is 0 Å². The summed E-state index contributed by atoms with van der Waals surface area (Å²) < 4.78 is 0. The molecule has 0 fully saturated rings. The van der Waals surface area contributed by atoms with Gasteiger partial charge in [0.1, 0.15) is 5.78 Å². The standard InChI is InChI=1S/C11H21NO2/c1-5-10(6-2)9(4)12-11(14)7-8(3)13/h9-10H,5-7H2,1-4H3,(H,12,14). The molecule has 0 aliphatic rings. The zero-order valence-electron chi connectivity index (χ0n) is 9.59. The molecule has 3 nitrogen and oxygen atoms in total. The fourth-order valence-corrected chi connectivity index (χ4v) is 1.64. The summed E-state index contributed by atoms with van der Waals surface area (Å²) in [4.78, 5) is 22.0. The second kappa shape index (κ2) is 6.57. The van der Waals surface area contributed by atoms with Crippen molar-refractivity contribution in [2.45, 2.75) is 53.0 Å². The molecule has 0 saturated carbocycles. The van der Waals surface area contributed by atoms with E-state index in [1.165, 1.54) is 6.92 Å². The Hall–Kier alpha value is -0.860. The minimum Gasteiger partial charge on any atom is -0.353 e. The molecule has 0 bridgehead atoms. The maximum absolute atomic E-state index is 11.3. The van der Waals surface area contributed by atoms with Crippen molar-refractivity contribution in [2.24, 2.45) is 5.92 Å². The first kappa shape index (κ1) is 13.1. The molecule has 0 aromatic rings. The molecule has 1 atom stereocenters. The van der Waals surface area contributed by atoms with Gasteiger partial charge < -0.3 is 5.32 Å². The van der Waals surface area contributed by atoms with Crippen molar-refractivity contribution in [2.75, 3.05) is 0 Å². The molecular weight excluding hydrogens is 178 g/mol. The molecule has 0 aliphatic heterocycles. The predicted molar refractivity (Wildman–Crippen MR) is 57.0 cm³/mol. The number of hydrogen-bond donors (Lipinski definition) is 1. The van der Waals surface area contributed by atoms with Gasteiger partial charge in [0.25, 0.3) is 0 Å². The zero-order chi connectivity index (χ0) is 11.1. The monoisotopic (exact) mass is 199 g/mol. The molecule has 0 aromatic carbocycles. The van der Waals surface area contributed by atoms with Crippen LogP contribution in [0.1, 0.15) is 47.0 Å². The third-order valence-electron chi connectivity index (χ3n) is 2.55. The quantitative estimate of drug-likeness (QED) is 0.664. The van der Waals surface area contributed by atoms with E-state index in [0.29, 0.717) is 5.92 Å². The zero-order valence-corrected chi connectivity index (χ0v) is 9.59. The predicted octanol–water partition coefficient (Wildman–Crippen LogP) is 1.91. The number of carbonyl (C=O) groups is 2. The molecule has 1 unspecified atom stereocenters. The Morgan fingerprint density at radius 1 is 1.21 bits per heavy atom. The molecule has 14 heavy (non-hydrogen) atoms. The number of rotatable bonds is 6. The second-order valence-electron chi connectivity index (χ2n) is 3.81. The summed E-state index contributed by atoms with van der Waals surface area (Å²) in [5, 5.41) is 2.85. The van der Waals surface area contributed by atoms with Crippen LogP contribution in [-0.2, 0) is 9.59 Å². The summed E-state index contributed by atoms with van der Waals surface area (Å²) >= 11 is 0. The highest BCUT2D eigenvalue weighted by Crippen LogP contribution is 2.12. The number of ketones is 1. The number of hydrogen-bond acceptors (Lipinski definition) is 2. The van der Waals surface area contributed by atoms with E-state index in [9.17, 15) is 9.59 Å². The van der Waals surface area contributed by atoms with Gasteiger partial charge in [0.05, 0.1) is 6.42 Å². The van der Waals surface area contributed by atoms with Crippen LogP contribution < -0.4 is 5.32 Å². The van der Waals surface area contributed by atoms with Crippen LogP contribution in [-0.4, -0.2) is 17.7 Å². The normalized spacial score (nSPS) is 12.6. The average molecular weight is 199 g/mol. The molecule has 1 N–H and O–H groups in total. The van der Waals surface area contributed by atoms with E-state index in [1.54, 1.807) is 0 Å². The largest absolute Gasteiger partial charge is 0.353 e. The summed E-state index contributed by atoms with van der Waals surface area (Å²) in [6.45, 7) is 7.65. The molecule has 0 heterocycles. The van der Waals surface area contributed by atoms with Gasteiger partial charge in [-0.3, -0.25) is 9.59 Å². The number of nitrogens with one attached hydrogen (secondary N) is 1. The first-order valence-corrected chi connectivity index (χ1v) is 5.30. The second-order valence-corrected chi connectivity index (χ2v) is 3.81.